The molecule has 0 amide bonds. The van der Waals surface area contributed by atoms with E-state index in [0.29, 0.717) is 17.5 Å². The number of hydrogen-bond donors (Lipinski definition) is 0. The highest BCUT2D eigenvalue weighted by Crippen LogP contribution is 2.31. The average Bonchev–Trinajstić information content (AvgIpc) is 3.11. The van der Waals surface area contributed by atoms with Crippen LogP contribution in [0.15, 0.2) is 146 Å². The Morgan fingerprint density at radius 2 is 0.841 bits per heavy atom. The lowest BCUT2D eigenvalue weighted by atomic mass is 10.0. The maximum absolute atomic E-state index is 4.94. The first-order valence-corrected chi connectivity index (χ1v) is 14.4. The summed E-state index contributed by atoms with van der Waals surface area (Å²) in [7, 11) is 0. The van der Waals surface area contributed by atoms with E-state index in [1.165, 1.54) is 0 Å². The van der Waals surface area contributed by atoms with Gasteiger partial charge in [0.05, 0.1) is 16.9 Å². The molecule has 0 fully saturated rings. The van der Waals surface area contributed by atoms with E-state index in [1.807, 2.05) is 91.1 Å². The fraction of sp³-hybridized carbons (Fsp3) is 0. The summed E-state index contributed by atoms with van der Waals surface area (Å²) in [6.45, 7) is 0. The molecule has 0 atom stereocenters. The SMILES string of the molecule is c1ccc(-c2nc(-c3ccc(-c4nccc5ccccc45)cc3)nc(-c3ccc(-c4ncnc5ccccc45)cc3)n2)cc1. The first-order chi connectivity index (χ1) is 21.8. The fourth-order valence-corrected chi connectivity index (χ4v) is 5.49. The van der Waals surface area contributed by atoms with Gasteiger partial charge < -0.3 is 0 Å². The van der Waals surface area contributed by atoms with Crippen molar-refractivity contribution in [2.24, 2.45) is 0 Å². The van der Waals surface area contributed by atoms with E-state index >= 15 is 0 Å². The minimum atomic E-state index is 0.604. The molecule has 0 aliphatic rings. The first kappa shape index (κ1) is 25.6. The predicted octanol–water partition coefficient (Wildman–Crippen LogP) is 8.70. The summed E-state index contributed by atoms with van der Waals surface area (Å²) in [6, 6.07) is 44.8. The number of aromatic nitrogens is 6. The molecule has 3 aromatic heterocycles. The van der Waals surface area contributed by atoms with Gasteiger partial charge >= 0.3 is 0 Å². The van der Waals surface area contributed by atoms with E-state index in [0.717, 1.165) is 60.9 Å². The molecule has 0 radical (unpaired) electrons. The molecule has 0 saturated carbocycles. The number of fused-ring (bicyclic) bond motifs is 2. The van der Waals surface area contributed by atoms with Crippen molar-refractivity contribution in [2.75, 3.05) is 0 Å². The topological polar surface area (TPSA) is 77.3 Å². The van der Waals surface area contributed by atoms with Crippen LogP contribution >= 0.6 is 0 Å². The molecule has 0 aliphatic carbocycles. The van der Waals surface area contributed by atoms with Crippen LogP contribution in [0.4, 0.5) is 0 Å². The summed E-state index contributed by atoms with van der Waals surface area (Å²) in [6.07, 6.45) is 3.46. The third-order valence-electron chi connectivity index (χ3n) is 7.72. The van der Waals surface area contributed by atoms with Crippen molar-refractivity contribution in [1.29, 1.82) is 0 Å². The van der Waals surface area contributed by atoms with Crippen LogP contribution in [0.3, 0.4) is 0 Å². The lowest BCUT2D eigenvalue weighted by molar-refractivity contribution is 1.07. The Hall–Kier alpha value is -6.14. The number of benzene rings is 5. The minimum absolute atomic E-state index is 0.604. The summed E-state index contributed by atoms with van der Waals surface area (Å²) >= 11 is 0. The smallest absolute Gasteiger partial charge is 0.164 e. The van der Waals surface area contributed by atoms with Gasteiger partial charge in [0.25, 0.3) is 0 Å². The van der Waals surface area contributed by atoms with E-state index in [2.05, 4.69) is 63.5 Å². The van der Waals surface area contributed by atoms with Crippen molar-refractivity contribution in [2.45, 2.75) is 0 Å². The summed E-state index contributed by atoms with van der Waals surface area (Å²) in [5, 5.41) is 3.30. The number of nitrogens with zero attached hydrogens (tertiary/aromatic N) is 6. The zero-order valence-electron chi connectivity index (χ0n) is 23.5. The van der Waals surface area contributed by atoms with Gasteiger partial charge in [-0.1, -0.05) is 121 Å². The molecule has 3 heterocycles. The van der Waals surface area contributed by atoms with Gasteiger partial charge in [0.2, 0.25) is 0 Å². The molecule has 8 rings (SSSR count). The molecular weight excluding hydrogens is 540 g/mol. The van der Waals surface area contributed by atoms with Crippen molar-refractivity contribution in [3.63, 3.8) is 0 Å². The third kappa shape index (κ3) is 4.74. The van der Waals surface area contributed by atoms with Crippen LogP contribution in [0, 0.1) is 0 Å². The van der Waals surface area contributed by atoms with Gasteiger partial charge in [0.15, 0.2) is 17.5 Å². The molecule has 0 aliphatic heterocycles. The molecule has 44 heavy (non-hydrogen) atoms. The highest BCUT2D eigenvalue weighted by atomic mass is 15.0. The van der Waals surface area contributed by atoms with Gasteiger partial charge in [-0.25, -0.2) is 24.9 Å². The molecular formula is C38H24N6. The normalized spacial score (nSPS) is 11.2. The van der Waals surface area contributed by atoms with Gasteiger partial charge in [-0.3, -0.25) is 4.98 Å². The van der Waals surface area contributed by atoms with E-state index in [9.17, 15) is 0 Å². The van der Waals surface area contributed by atoms with E-state index in [-0.39, 0.29) is 0 Å². The Balaban J connectivity index is 1.19. The zero-order valence-corrected chi connectivity index (χ0v) is 23.5. The number of rotatable bonds is 5. The standard InChI is InChI=1S/C38H24N6/c1-2-9-28(10-3-1)36-42-37(29-18-14-26(15-19-29)34-31-11-5-4-8-25(31)22-23-39-34)44-38(43-36)30-20-16-27(17-21-30)35-32-12-6-7-13-33(32)40-24-41-35/h1-24H. The predicted molar refractivity (Wildman–Crippen MR) is 175 cm³/mol. The van der Waals surface area contributed by atoms with E-state index < -0.39 is 0 Å². The summed E-state index contributed by atoms with van der Waals surface area (Å²) in [5.41, 5.74) is 7.52. The Kier molecular flexibility index (Phi) is 6.35. The second-order valence-electron chi connectivity index (χ2n) is 10.4. The van der Waals surface area contributed by atoms with Crippen LogP contribution < -0.4 is 0 Å². The largest absolute Gasteiger partial charge is 0.256 e. The highest BCUT2D eigenvalue weighted by Gasteiger charge is 2.14. The summed E-state index contributed by atoms with van der Waals surface area (Å²) in [4.78, 5) is 28.4. The van der Waals surface area contributed by atoms with Crippen molar-refractivity contribution in [1.82, 2.24) is 29.9 Å². The van der Waals surface area contributed by atoms with E-state index in [4.69, 9.17) is 15.0 Å². The molecule has 5 aromatic carbocycles. The van der Waals surface area contributed by atoms with Crippen LogP contribution in [-0.2, 0) is 0 Å². The second-order valence-corrected chi connectivity index (χ2v) is 10.4. The molecule has 206 valence electrons. The van der Waals surface area contributed by atoms with E-state index in [1.54, 1.807) is 6.33 Å². The van der Waals surface area contributed by atoms with Crippen LogP contribution in [0.1, 0.15) is 0 Å². The quantitative estimate of drug-likeness (QED) is 0.208. The van der Waals surface area contributed by atoms with Crippen molar-refractivity contribution >= 4 is 21.7 Å². The fourth-order valence-electron chi connectivity index (χ4n) is 5.49. The Morgan fingerprint density at radius 3 is 1.50 bits per heavy atom. The molecule has 0 spiro atoms. The van der Waals surface area contributed by atoms with Crippen LogP contribution in [0.25, 0.3) is 78.4 Å². The van der Waals surface area contributed by atoms with Gasteiger partial charge in [-0.05, 0) is 17.5 Å². The maximum atomic E-state index is 4.94. The van der Waals surface area contributed by atoms with Gasteiger partial charge in [0, 0.05) is 44.8 Å². The third-order valence-corrected chi connectivity index (χ3v) is 7.72. The monoisotopic (exact) mass is 564 g/mol. The van der Waals surface area contributed by atoms with Crippen LogP contribution in [0.2, 0.25) is 0 Å². The summed E-state index contributed by atoms with van der Waals surface area (Å²) in [5.74, 6) is 1.83. The Labute approximate surface area is 253 Å². The number of hydrogen-bond acceptors (Lipinski definition) is 6. The number of pyridine rings is 1. The zero-order chi connectivity index (χ0) is 29.3. The minimum Gasteiger partial charge on any atom is -0.256 e. The maximum Gasteiger partial charge on any atom is 0.164 e. The van der Waals surface area contributed by atoms with Crippen LogP contribution in [0.5, 0.6) is 0 Å². The molecule has 0 bridgehead atoms. The Bertz CT molecular complexity index is 2110. The molecule has 6 heteroatoms. The molecule has 8 aromatic rings. The van der Waals surface area contributed by atoms with Gasteiger partial charge in [-0.2, -0.15) is 0 Å². The van der Waals surface area contributed by atoms with Crippen molar-refractivity contribution < 1.29 is 0 Å². The Morgan fingerprint density at radius 1 is 0.341 bits per heavy atom. The lowest BCUT2D eigenvalue weighted by Gasteiger charge is -2.10. The molecule has 0 unspecified atom stereocenters. The van der Waals surface area contributed by atoms with Crippen molar-refractivity contribution in [3.05, 3.63) is 146 Å². The first-order valence-electron chi connectivity index (χ1n) is 14.4. The molecule has 6 nitrogen and oxygen atoms in total. The molecule has 0 saturated heterocycles. The van der Waals surface area contributed by atoms with Gasteiger partial charge in [-0.15, -0.1) is 0 Å². The van der Waals surface area contributed by atoms with Gasteiger partial charge in [0.1, 0.15) is 6.33 Å². The average molecular weight is 565 g/mol. The van der Waals surface area contributed by atoms with Crippen molar-refractivity contribution in [3.8, 4) is 56.7 Å². The number of para-hydroxylation sites is 1. The second kappa shape index (κ2) is 10.9. The summed E-state index contributed by atoms with van der Waals surface area (Å²) < 4.78 is 0. The molecule has 0 N–H and O–H groups in total. The lowest BCUT2D eigenvalue weighted by Crippen LogP contribution is -2.00. The highest BCUT2D eigenvalue weighted by molar-refractivity contribution is 5.95. The van der Waals surface area contributed by atoms with Crippen LogP contribution in [-0.4, -0.2) is 29.9 Å².